The van der Waals surface area contributed by atoms with Gasteiger partial charge < -0.3 is 20.1 Å². The van der Waals surface area contributed by atoms with E-state index in [0.717, 1.165) is 17.2 Å². The van der Waals surface area contributed by atoms with Gasteiger partial charge in [0.15, 0.2) is 0 Å². The van der Waals surface area contributed by atoms with Crippen LogP contribution in [0.5, 0.6) is 11.5 Å². The highest BCUT2D eigenvalue weighted by Crippen LogP contribution is 2.20. The number of benzene rings is 2. The summed E-state index contributed by atoms with van der Waals surface area (Å²) in [6.07, 6.45) is 1.44. The summed E-state index contributed by atoms with van der Waals surface area (Å²) in [6.45, 7) is 3.92. The van der Waals surface area contributed by atoms with E-state index in [-0.39, 0.29) is 17.7 Å². The highest BCUT2D eigenvalue weighted by molar-refractivity contribution is 6.03. The number of hydrogen-bond acceptors (Lipinski definition) is 6. The third kappa shape index (κ3) is 5.20. The smallest absolute Gasteiger partial charge is 0.274 e. The van der Waals surface area contributed by atoms with Gasteiger partial charge in [-0.1, -0.05) is 0 Å². The van der Waals surface area contributed by atoms with Crippen molar-refractivity contribution in [2.75, 3.05) is 17.7 Å². The molecule has 0 saturated heterocycles. The number of rotatable bonds is 7. The van der Waals surface area contributed by atoms with Crippen LogP contribution in [0.1, 0.15) is 24.3 Å². The minimum Gasteiger partial charge on any atom is -0.497 e. The molecule has 0 radical (unpaired) electrons. The Morgan fingerprint density at radius 1 is 0.929 bits per heavy atom. The van der Waals surface area contributed by atoms with Crippen LogP contribution in [0, 0.1) is 0 Å². The van der Waals surface area contributed by atoms with E-state index in [9.17, 15) is 4.79 Å². The lowest BCUT2D eigenvalue weighted by atomic mass is 10.2. The lowest BCUT2D eigenvalue weighted by Gasteiger charge is -2.11. The van der Waals surface area contributed by atoms with Crippen LogP contribution in [-0.2, 0) is 0 Å². The monoisotopic (exact) mass is 378 g/mol. The second-order valence-electron chi connectivity index (χ2n) is 6.29. The SMILES string of the molecule is COc1ccc(Nc2cc(C(=O)Nc3ccc(OC(C)C)cc3)ncn2)cc1. The van der Waals surface area contributed by atoms with Gasteiger partial charge in [0.25, 0.3) is 5.91 Å². The number of carbonyl (C=O) groups excluding carboxylic acids is 1. The maximum Gasteiger partial charge on any atom is 0.274 e. The highest BCUT2D eigenvalue weighted by atomic mass is 16.5. The average molecular weight is 378 g/mol. The topological polar surface area (TPSA) is 85.4 Å². The molecule has 28 heavy (non-hydrogen) atoms. The number of hydrogen-bond donors (Lipinski definition) is 2. The van der Waals surface area contributed by atoms with Gasteiger partial charge in [-0.25, -0.2) is 9.97 Å². The number of aromatic nitrogens is 2. The molecule has 2 aromatic carbocycles. The van der Waals surface area contributed by atoms with Gasteiger partial charge in [0.05, 0.1) is 13.2 Å². The molecule has 0 aliphatic rings. The molecular weight excluding hydrogens is 356 g/mol. The van der Waals surface area contributed by atoms with Crippen LogP contribution in [-0.4, -0.2) is 29.1 Å². The fourth-order valence-electron chi connectivity index (χ4n) is 2.46. The molecule has 1 heterocycles. The first-order chi connectivity index (χ1) is 13.5. The number of nitrogens with one attached hydrogen (secondary N) is 2. The van der Waals surface area contributed by atoms with E-state index >= 15 is 0 Å². The zero-order valence-electron chi connectivity index (χ0n) is 16.0. The third-order valence-corrected chi connectivity index (χ3v) is 3.75. The molecule has 3 rings (SSSR count). The molecule has 144 valence electrons. The second kappa shape index (κ2) is 8.85. The molecule has 3 aromatic rings. The molecule has 0 unspecified atom stereocenters. The number of anilines is 3. The zero-order chi connectivity index (χ0) is 19.9. The van der Waals surface area contributed by atoms with Crippen molar-refractivity contribution < 1.29 is 14.3 Å². The molecule has 0 saturated carbocycles. The summed E-state index contributed by atoms with van der Waals surface area (Å²) in [5.74, 6) is 1.71. The van der Waals surface area contributed by atoms with Crippen molar-refractivity contribution in [2.24, 2.45) is 0 Å². The Balaban J connectivity index is 1.66. The normalized spacial score (nSPS) is 10.4. The van der Waals surface area contributed by atoms with Crippen LogP contribution in [0.25, 0.3) is 0 Å². The van der Waals surface area contributed by atoms with Gasteiger partial charge in [0.2, 0.25) is 0 Å². The quantitative estimate of drug-likeness (QED) is 0.639. The first-order valence-corrected chi connectivity index (χ1v) is 8.84. The Morgan fingerprint density at radius 3 is 2.21 bits per heavy atom. The zero-order valence-corrected chi connectivity index (χ0v) is 16.0. The van der Waals surface area contributed by atoms with Gasteiger partial charge in [-0.15, -0.1) is 0 Å². The number of methoxy groups -OCH3 is 1. The van der Waals surface area contributed by atoms with E-state index in [1.165, 1.54) is 6.33 Å². The van der Waals surface area contributed by atoms with Crippen LogP contribution >= 0.6 is 0 Å². The van der Waals surface area contributed by atoms with Crippen molar-refractivity contribution in [2.45, 2.75) is 20.0 Å². The number of carbonyl (C=O) groups is 1. The van der Waals surface area contributed by atoms with Crippen molar-refractivity contribution in [3.63, 3.8) is 0 Å². The third-order valence-electron chi connectivity index (χ3n) is 3.75. The van der Waals surface area contributed by atoms with Gasteiger partial charge in [-0.2, -0.15) is 0 Å². The van der Waals surface area contributed by atoms with E-state index in [0.29, 0.717) is 11.5 Å². The largest absolute Gasteiger partial charge is 0.497 e. The Bertz CT molecular complexity index is 925. The van der Waals surface area contributed by atoms with Crippen LogP contribution in [0.2, 0.25) is 0 Å². The lowest BCUT2D eigenvalue weighted by molar-refractivity contribution is 0.102. The number of nitrogens with zero attached hydrogens (tertiary/aromatic N) is 2. The van der Waals surface area contributed by atoms with Gasteiger partial charge >= 0.3 is 0 Å². The summed E-state index contributed by atoms with van der Waals surface area (Å²) in [4.78, 5) is 20.7. The minimum absolute atomic E-state index is 0.0954. The summed E-state index contributed by atoms with van der Waals surface area (Å²) in [5, 5.41) is 5.95. The Hall–Kier alpha value is -3.61. The van der Waals surface area contributed by atoms with E-state index in [1.807, 2.05) is 50.2 Å². The fraction of sp³-hybridized carbons (Fsp3) is 0.190. The van der Waals surface area contributed by atoms with Crippen molar-refractivity contribution in [3.05, 3.63) is 66.6 Å². The fourth-order valence-corrected chi connectivity index (χ4v) is 2.46. The molecule has 7 heteroatoms. The van der Waals surface area contributed by atoms with Crippen molar-refractivity contribution in [1.82, 2.24) is 9.97 Å². The molecule has 2 N–H and O–H groups in total. The van der Waals surface area contributed by atoms with Crippen molar-refractivity contribution in [1.29, 1.82) is 0 Å². The van der Waals surface area contributed by atoms with E-state index < -0.39 is 0 Å². The molecule has 0 aliphatic carbocycles. The summed E-state index contributed by atoms with van der Waals surface area (Å²) < 4.78 is 10.7. The Morgan fingerprint density at radius 2 is 1.57 bits per heavy atom. The molecule has 1 aromatic heterocycles. The summed E-state index contributed by atoms with van der Waals surface area (Å²) in [6, 6.07) is 16.2. The number of ether oxygens (including phenoxy) is 2. The average Bonchev–Trinajstić information content (AvgIpc) is 2.70. The number of amides is 1. The lowest BCUT2D eigenvalue weighted by Crippen LogP contribution is -2.14. The van der Waals surface area contributed by atoms with Crippen molar-refractivity contribution >= 4 is 23.1 Å². The highest BCUT2D eigenvalue weighted by Gasteiger charge is 2.10. The van der Waals surface area contributed by atoms with Gasteiger partial charge in [-0.3, -0.25) is 4.79 Å². The standard InChI is InChI=1S/C21H22N4O3/c1-14(2)28-18-10-6-16(7-11-18)25-21(26)19-12-20(23-13-22-19)24-15-4-8-17(27-3)9-5-15/h4-14H,1-3H3,(H,25,26)(H,22,23,24). The van der Waals surface area contributed by atoms with Crippen LogP contribution < -0.4 is 20.1 Å². The van der Waals surface area contributed by atoms with Crippen molar-refractivity contribution in [3.8, 4) is 11.5 Å². The van der Waals surface area contributed by atoms with Gasteiger partial charge in [0.1, 0.15) is 29.3 Å². The molecule has 0 atom stereocenters. The minimum atomic E-state index is -0.322. The second-order valence-corrected chi connectivity index (χ2v) is 6.29. The maximum atomic E-state index is 12.5. The van der Waals surface area contributed by atoms with E-state index in [2.05, 4.69) is 20.6 Å². The molecule has 7 nitrogen and oxygen atoms in total. The van der Waals surface area contributed by atoms with Crippen LogP contribution in [0.4, 0.5) is 17.2 Å². The Labute approximate surface area is 163 Å². The molecule has 0 fully saturated rings. The van der Waals surface area contributed by atoms with Gasteiger partial charge in [-0.05, 0) is 62.4 Å². The predicted octanol–water partition coefficient (Wildman–Crippen LogP) is 4.27. The molecule has 0 bridgehead atoms. The van der Waals surface area contributed by atoms with E-state index in [1.54, 1.807) is 25.3 Å². The van der Waals surface area contributed by atoms with Crippen LogP contribution in [0.3, 0.4) is 0 Å². The molecule has 0 spiro atoms. The Kier molecular flexibility index (Phi) is 6.06. The summed E-state index contributed by atoms with van der Waals surface area (Å²) in [5.41, 5.74) is 1.74. The maximum absolute atomic E-state index is 12.5. The first-order valence-electron chi connectivity index (χ1n) is 8.84. The molecular formula is C21H22N4O3. The molecule has 1 amide bonds. The first kappa shape index (κ1) is 19.2. The summed E-state index contributed by atoms with van der Waals surface area (Å²) in [7, 11) is 1.61. The van der Waals surface area contributed by atoms with E-state index in [4.69, 9.17) is 9.47 Å². The van der Waals surface area contributed by atoms with Crippen LogP contribution in [0.15, 0.2) is 60.9 Å². The predicted molar refractivity (Wildman–Crippen MR) is 108 cm³/mol. The van der Waals surface area contributed by atoms with Gasteiger partial charge in [0, 0.05) is 17.4 Å². The summed E-state index contributed by atoms with van der Waals surface area (Å²) >= 11 is 0. The molecule has 0 aliphatic heterocycles.